The van der Waals surface area contributed by atoms with Gasteiger partial charge in [0.25, 0.3) is 5.91 Å². The third-order valence-corrected chi connectivity index (χ3v) is 8.18. The van der Waals surface area contributed by atoms with Crippen molar-refractivity contribution in [1.82, 2.24) is 5.32 Å². The first kappa shape index (κ1) is 19.6. The van der Waals surface area contributed by atoms with E-state index in [-0.39, 0.29) is 10.8 Å². The molecule has 2 aromatic heterocycles. The van der Waals surface area contributed by atoms with Gasteiger partial charge in [-0.25, -0.2) is 8.42 Å². The van der Waals surface area contributed by atoms with Crippen molar-refractivity contribution < 1.29 is 13.2 Å². The number of amides is 1. The van der Waals surface area contributed by atoms with E-state index in [1.165, 1.54) is 22.7 Å². The van der Waals surface area contributed by atoms with Crippen molar-refractivity contribution in [2.24, 2.45) is 0 Å². The highest BCUT2D eigenvalue weighted by atomic mass is 32.2. The predicted molar refractivity (Wildman–Crippen MR) is 117 cm³/mol. The maximum Gasteiger partial charge on any atom is 0.251 e. The normalized spacial score (nSPS) is 11.3. The quantitative estimate of drug-likeness (QED) is 0.447. The van der Waals surface area contributed by atoms with Gasteiger partial charge in [-0.2, -0.15) is 11.3 Å². The van der Waals surface area contributed by atoms with E-state index >= 15 is 0 Å². The minimum absolute atomic E-state index is 0.136. The fourth-order valence-electron chi connectivity index (χ4n) is 2.88. The largest absolute Gasteiger partial charge is 0.347 e. The maximum atomic E-state index is 13.0. The number of carbonyl (C=O) groups excluding carboxylic acids is 1. The van der Waals surface area contributed by atoms with Crippen LogP contribution in [0.15, 0.2) is 93.3 Å². The van der Waals surface area contributed by atoms with Crippen LogP contribution in [0.5, 0.6) is 0 Å². The van der Waals surface area contributed by atoms with Gasteiger partial charge in [0.1, 0.15) is 0 Å². The molecule has 0 aliphatic heterocycles. The lowest BCUT2D eigenvalue weighted by atomic mass is 10.2. The molecule has 2 heterocycles. The number of hydrogen-bond donors (Lipinski definition) is 1. The van der Waals surface area contributed by atoms with Crippen LogP contribution < -0.4 is 5.32 Å². The van der Waals surface area contributed by atoms with Crippen molar-refractivity contribution in [3.8, 4) is 10.4 Å². The number of benzene rings is 2. The van der Waals surface area contributed by atoms with Crippen LogP contribution in [0.25, 0.3) is 10.4 Å². The molecule has 0 fully saturated rings. The monoisotopic (exact) mass is 439 g/mol. The number of thiophene rings is 2. The second kappa shape index (κ2) is 8.32. The van der Waals surface area contributed by atoms with E-state index < -0.39 is 9.84 Å². The molecule has 4 rings (SSSR count). The Kier molecular flexibility index (Phi) is 5.62. The van der Waals surface area contributed by atoms with Crippen molar-refractivity contribution in [2.75, 3.05) is 0 Å². The second-order valence-electron chi connectivity index (χ2n) is 6.28. The summed E-state index contributed by atoms with van der Waals surface area (Å²) < 4.78 is 26.0. The highest BCUT2D eigenvalue weighted by molar-refractivity contribution is 7.91. The Labute approximate surface area is 177 Å². The zero-order valence-corrected chi connectivity index (χ0v) is 17.7. The minimum atomic E-state index is -3.58. The average molecular weight is 440 g/mol. The molecular formula is C22H17NO3S3. The topological polar surface area (TPSA) is 63.2 Å². The molecule has 0 aliphatic rings. The van der Waals surface area contributed by atoms with E-state index in [4.69, 9.17) is 0 Å². The summed E-state index contributed by atoms with van der Waals surface area (Å²) >= 11 is 2.85. The fourth-order valence-corrected chi connectivity index (χ4v) is 6.68. The summed E-state index contributed by atoms with van der Waals surface area (Å²) in [5, 5.41) is 6.43. The maximum absolute atomic E-state index is 13.0. The van der Waals surface area contributed by atoms with Gasteiger partial charge in [-0.3, -0.25) is 4.79 Å². The summed E-state index contributed by atoms with van der Waals surface area (Å²) in [5.41, 5.74) is 1.31. The smallest absolute Gasteiger partial charge is 0.251 e. The summed E-state index contributed by atoms with van der Waals surface area (Å²) in [6.07, 6.45) is 0. The molecule has 0 atom stereocenters. The molecule has 4 nitrogen and oxygen atoms in total. The minimum Gasteiger partial charge on any atom is -0.347 e. The Morgan fingerprint density at radius 2 is 1.55 bits per heavy atom. The molecule has 2 aromatic carbocycles. The predicted octanol–water partition coefficient (Wildman–Crippen LogP) is 5.24. The fraction of sp³-hybridized carbons (Fsp3) is 0.0455. The first-order valence-electron chi connectivity index (χ1n) is 8.84. The molecule has 0 spiro atoms. The van der Waals surface area contributed by atoms with Crippen molar-refractivity contribution in [1.29, 1.82) is 0 Å². The van der Waals surface area contributed by atoms with Crippen LogP contribution in [0.3, 0.4) is 0 Å². The molecule has 7 heteroatoms. The van der Waals surface area contributed by atoms with Crippen LogP contribution >= 0.6 is 22.7 Å². The van der Waals surface area contributed by atoms with Gasteiger partial charge in [0.15, 0.2) is 0 Å². The molecule has 0 bridgehead atoms. The van der Waals surface area contributed by atoms with Crippen LogP contribution in [0.1, 0.15) is 15.2 Å². The van der Waals surface area contributed by atoms with E-state index in [0.29, 0.717) is 22.6 Å². The summed E-state index contributed by atoms with van der Waals surface area (Å²) in [4.78, 5) is 14.6. The highest BCUT2D eigenvalue weighted by Gasteiger charge is 2.23. The molecule has 0 saturated heterocycles. The third kappa shape index (κ3) is 4.17. The average Bonchev–Trinajstić information content (AvgIpc) is 3.43. The molecule has 146 valence electrons. The summed E-state index contributed by atoms with van der Waals surface area (Å²) in [7, 11) is -3.58. The van der Waals surface area contributed by atoms with Crippen LogP contribution in [0, 0.1) is 0 Å². The van der Waals surface area contributed by atoms with Crippen LogP contribution in [-0.4, -0.2) is 14.3 Å². The Balaban J connectivity index is 1.54. The van der Waals surface area contributed by atoms with E-state index in [9.17, 15) is 13.2 Å². The number of sulfone groups is 1. The molecule has 0 saturated carbocycles. The van der Waals surface area contributed by atoms with Crippen LogP contribution in [0.4, 0.5) is 0 Å². The zero-order chi connectivity index (χ0) is 20.3. The van der Waals surface area contributed by atoms with Gasteiger partial charge >= 0.3 is 0 Å². The summed E-state index contributed by atoms with van der Waals surface area (Å²) in [6.45, 7) is 0.392. The standard InChI is InChI=1S/C22H17NO3S3/c24-22(16-7-3-1-4-8-16)23-13-17-11-12-20(28-17)19-14-27-15-21(19)29(25,26)18-9-5-2-6-10-18/h1-12,14-15H,13H2,(H,23,24). The van der Waals surface area contributed by atoms with E-state index in [1.54, 1.807) is 47.8 Å². The SMILES string of the molecule is O=C(NCc1ccc(-c2cscc2S(=O)(=O)c2ccccc2)s1)c1ccccc1. The van der Waals surface area contributed by atoms with Crippen molar-refractivity contribution >= 4 is 38.4 Å². The molecule has 0 radical (unpaired) electrons. The molecule has 29 heavy (non-hydrogen) atoms. The van der Waals surface area contributed by atoms with E-state index in [2.05, 4.69) is 5.32 Å². The number of nitrogens with one attached hydrogen (secondary N) is 1. The molecule has 0 unspecified atom stereocenters. The van der Waals surface area contributed by atoms with Gasteiger partial charge in [0.2, 0.25) is 9.84 Å². The lowest BCUT2D eigenvalue weighted by molar-refractivity contribution is 0.0951. The number of rotatable bonds is 6. The first-order chi connectivity index (χ1) is 14.1. The lowest BCUT2D eigenvalue weighted by Gasteiger charge is -2.05. The Morgan fingerprint density at radius 1 is 0.862 bits per heavy atom. The van der Waals surface area contributed by atoms with Gasteiger partial charge in [0, 0.05) is 31.6 Å². The zero-order valence-electron chi connectivity index (χ0n) is 15.2. The van der Waals surface area contributed by atoms with Crippen LogP contribution in [-0.2, 0) is 16.4 Å². The Bertz CT molecular complexity index is 1230. The summed E-state index contributed by atoms with van der Waals surface area (Å²) in [5.74, 6) is -0.136. The van der Waals surface area contributed by atoms with Gasteiger partial charge in [-0.15, -0.1) is 11.3 Å². The summed E-state index contributed by atoms with van der Waals surface area (Å²) in [6, 6.07) is 21.3. The third-order valence-electron chi connectivity index (χ3n) is 4.36. The molecule has 0 aliphatic carbocycles. The van der Waals surface area contributed by atoms with E-state index in [1.807, 2.05) is 35.7 Å². The number of carbonyl (C=O) groups is 1. The van der Waals surface area contributed by atoms with Gasteiger partial charge in [-0.1, -0.05) is 36.4 Å². The van der Waals surface area contributed by atoms with Gasteiger partial charge in [0.05, 0.1) is 16.3 Å². The molecule has 4 aromatic rings. The van der Waals surface area contributed by atoms with Gasteiger partial charge in [-0.05, 0) is 36.4 Å². The molecule has 1 amide bonds. The van der Waals surface area contributed by atoms with Gasteiger partial charge < -0.3 is 5.32 Å². The van der Waals surface area contributed by atoms with Crippen molar-refractivity contribution in [2.45, 2.75) is 16.3 Å². The molecule has 1 N–H and O–H groups in total. The highest BCUT2D eigenvalue weighted by Crippen LogP contribution is 2.37. The lowest BCUT2D eigenvalue weighted by Crippen LogP contribution is -2.22. The molecular weight excluding hydrogens is 422 g/mol. The van der Waals surface area contributed by atoms with Crippen molar-refractivity contribution in [3.05, 3.63) is 94.0 Å². The number of hydrogen-bond acceptors (Lipinski definition) is 5. The van der Waals surface area contributed by atoms with Crippen LogP contribution in [0.2, 0.25) is 0 Å². The second-order valence-corrected chi connectivity index (χ2v) is 10.1. The van der Waals surface area contributed by atoms with Crippen molar-refractivity contribution in [3.63, 3.8) is 0 Å². The Morgan fingerprint density at radius 3 is 2.28 bits per heavy atom. The Hall–Kier alpha value is -2.74. The first-order valence-corrected chi connectivity index (χ1v) is 12.1. The van der Waals surface area contributed by atoms with E-state index in [0.717, 1.165) is 9.75 Å².